The Hall–Kier alpha value is -1.30. The van der Waals surface area contributed by atoms with Crippen LogP contribution in [-0.2, 0) is 3.63 Å². The highest BCUT2D eigenvalue weighted by Gasteiger charge is 1.93. The van der Waals surface area contributed by atoms with Crippen LogP contribution in [0.15, 0.2) is 60.7 Å². The van der Waals surface area contributed by atoms with Gasteiger partial charge in [-0.25, -0.2) is 3.63 Å². The summed E-state index contributed by atoms with van der Waals surface area (Å²) in [7, 11) is 0. The van der Waals surface area contributed by atoms with E-state index < -0.39 is 0 Å². The van der Waals surface area contributed by atoms with Gasteiger partial charge < -0.3 is 9.44 Å². The minimum absolute atomic E-state index is 1.01. The zero-order valence-corrected chi connectivity index (χ0v) is 10.6. The van der Waals surface area contributed by atoms with Gasteiger partial charge in [0.25, 0.3) is 0 Å². The third-order valence-corrected chi connectivity index (χ3v) is 3.12. The van der Waals surface area contributed by atoms with Crippen molar-refractivity contribution in [2.75, 3.05) is 9.44 Å². The van der Waals surface area contributed by atoms with E-state index in [9.17, 15) is 0 Å². The average Bonchev–Trinajstić information content (AvgIpc) is 2.41. The van der Waals surface area contributed by atoms with Crippen LogP contribution in [0, 0.1) is 0 Å². The summed E-state index contributed by atoms with van der Waals surface area (Å²) in [5, 5.41) is 0. The Morgan fingerprint density at radius 2 is 1.06 bits per heavy atom. The normalized spacial score (nSPS) is 9.88. The van der Waals surface area contributed by atoms with Crippen molar-refractivity contribution >= 4 is 35.8 Å². The lowest BCUT2D eigenvalue weighted by Gasteiger charge is -2.05. The molecule has 2 aromatic rings. The maximum absolute atomic E-state index is 5.25. The van der Waals surface area contributed by atoms with Gasteiger partial charge in [0, 0.05) is 11.4 Å². The van der Waals surface area contributed by atoms with E-state index in [4.69, 9.17) is 3.63 Å². The Balaban J connectivity index is 1.61. The van der Waals surface area contributed by atoms with E-state index in [1.54, 1.807) is 0 Å². The monoisotopic (exact) mass is 264 g/mol. The van der Waals surface area contributed by atoms with Crippen LogP contribution in [0.3, 0.4) is 0 Å². The third kappa shape index (κ3) is 4.60. The molecule has 0 aliphatic carbocycles. The van der Waals surface area contributed by atoms with Crippen molar-refractivity contribution in [3.05, 3.63) is 60.7 Å². The van der Waals surface area contributed by atoms with Crippen molar-refractivity contribution in [3.63, 3.8) is 0 Å². The summed E-state index contributed by atoms with van der Waals surface area (Å²) >= 11 is 2.35. The number of rotatable bonds is 6. The molecule has 0 saturated heterocycles. The molecule has 0 saturated carbocycles. The first-order chi connectivity index (χ1) is 8.45. The lowest BCUT2D eigenvalue weighted by Crippen LogP contribution is -1.88. The summed E-state index contributed by atoms with van der Waals surface area (Å²) in [6.07, 6.45) is 0. The molecule has 0 spiro atoms. The van der Waals surface area contributed by atoms with Crippen molar-refractivity contribution in [2.24, 2.45) is 0 Å². The minimum atomic E-state index is 1.01. The summed E-state index contributed by atoms with van der Waals surface area (Å²) in [5.74, 6) is 0. The summed E-state index contributed by atoms with van der Waals surface area (Å²) in [4.78, 5) is 0. The maximum Gasteiger partial charge on any atom is 0.127 e. The van der Waals surface area contributed by atoms with E-state index in [1.165, 1.54) is 24.5 Å². The molecule has 88 valence electrons. The van der Waals surface area contributed by atoms with Gasteiger partial charge in [0.2, 0.25) is 0 Å². The van der Waals surface area contributed by atoms with E-state index in [2.05, 4.69) is 9.44 Å². The van der Waals surface area contributed by atoms with Gasteiger partial charge in [0.15, 0.2) is 0 Å². The molecule has 0 unspecified atom stereocenters. The van der Waals surface area contributed by atoms with Crippen LogP contribution < -0.4 is 9.44 Å². The van der Waals surface area contributed by atoms with Crippen molar-refractivity contribution in [1.82, 2.24) is 0 Å². The number of hydrogen-bond acceptors (Lipinski definition) is 5. The highest BCUT2D eigenvalue weighted by molar-refractivity contribution is 8.09. The van der Waals surface area contributed by atoms with Crippen molar-refractivity contribution in [3.8, 4) is 0 Å². The molecule has 2 aromatic carbocycles. The molecule has 3 nitrogen and oxygen atoms in total. The number of benzene rings is 2. The van der Waals surface area contributed by atoms with Crippen LogP contribution in [-0.4, -0.2) is 0 Å². The first-order valence-electron chi connectivity index (χ1n) is 5.06. The molecule has 0 atom stereocenters. The Morgan fingerprint density at radius 1 is 0.647 bits per heavy atom. The number of para-hydroxylation sites is 2. The molecule has 2 N–H and O–H groups in total. The van der Waals surface area contributed by atoms with E-state index in [1.807, 2.05) is 60.7 Å². The molecule has 0 radical (unpaired) electrons. The van der Waals surface area contributed by atoms with E-state index in [-0.39, 0.29) is 0 Å². The fourth-order valence-corrected chi connectivity index (χ4v) is 2.03. The molecule has 0 aromatic heterocycles. The van der Waals surface area contributed by atoms with Crippen LogP contribution in [0.25, 0.3) is 0 Å². The Morgan fingerprint density at radius 3 is 1.47 bits per heavy atom. The van der Waals surface area contributed by atoms with Gasteiger partial charge in [0.1, 0.15) is 24.5 Å². The van der Waals surface area contributed by atoms with Gasteiger partial charge in [-0.3, -0.25) is 0 Å². The first kappa shape index (κ1) is 12.2. The topological polar surface area (TPSA) is 33.3 Å². The molecule has 0 fully saturated rings. The van der Waals surface area contributed by atoms with Gasteiger partial charge in [-0.05, 0) is 24.3 Å². The molecular formula is C12H12N2OS2. The smallest absolute Gasteiger partial charge is 0.127 e. The molecule has 5 heteroatoms. The molecule has 17 heavy (non-hydrogen) atoms. The summed E-state index contributed by atoms with van der Waals surface area (Å²) in [6, 6.07) is 19.7. The maximum atomic E-state index is 5.25. The van der Waals surface area contributed by atoms with Crippen LogP contribution in [0.2, 0.25) is 0 Å². The van der Waals surface area contributed by atoms with Crippen LogP contribution in [0.5, 0.6) is 0 Å². The highest BCUT2D eigenvalue weighted by Crippen LogP contribution is 2.20. The molecule has 2 rings (SSSR count). The molecule has 0 aliphatic heterocycles. The van der Waals surface area contributed by atoms with Crippen molar-refractivity contribution in [2.45, 2.75) is 0 Å². The lowest BCUT2D eigenvalue weighted by atomic mass is 10.3. The van der Waals surface area contributed by atoms with Gasteiger partial charge in [-0.15, -0.1) is 0 Å². The van der Waals surface area contributed by atoms with Gasteiger partial charge in [-0.1, -0.05) is 36.4 Å². The molecule has 0 heterocycles. The van der Waals surface area contributed by atoms with E-state index in [0.29, 0.717) is 0 Å². The van der Waals surface area contributed by atoms with Gasteiger partial charge >= 0.3 is 0 Å². The largest absolute Gasteiger partial charge is 0.306 e. The van der Waals surface area contributed by atoms with Crippen molar-refractivity contribution in [1.29, 1.82) is 0 Å². The fourth-order valence-electron chi connectivity index (χ4n) is 1.16. The van der Waals surface area contributed by atoms with Gasteiger partial charge in [0.05, 0.1) is 0 Å². The molecule has 0 aliphatic rings. The predicted molar refractivity (Wildman–Crippen MR) is 76.4 cm³/mol. The second kappa shape index (κ2) is 7.11. The highest BCUT2D eigenvalue weighted by atomic mass is 32.2. The summed E-state index contributed by atoms with van der Waals surface area (Å²) < 4.78 is 11.4. The second-order valence-corrected chi connectivity index (χ2v) is 4.46. The van der Waals surface area contributed by atoms with Crippen LogP contribution >= 0.6 is 24.5 Å². The Bertz CT molecular complexity index is 384. The Labute approximate surface area is 110 Å². The van der Waals surface area contributed by atoms with Crippen LogP contribution in [0.1, 0.15) is 0 Å². The van der Waals surface area contributed by atoms with E-state index in [0.717, 1.165) is 11.4 Å². The van der Waals surface area contributed by atoms with Crippen molar-refractivity contribution < 1.29 is 3.63 Å². The Kier molecular flexibility index (Phi) is 5.09. The van der Waals surface area contributed by atoms with E-state index >= 15 is 0 Å². The van der Waals surface area contributed by atoms with Crippen LogP contribution in [0.4, 0.5) is 11.4 Å². The second-order valence-electron chi connectivity index (χ2n) is 3.17. The first-order valence-corrected chi connectivity index (χ1v) is 6.55. The fraction of sp³-hybridized carbons (Fsp3) is 0. The number of anilines is 2. The summed E-state index contributed by atoms with van der Waals surface area (Å²) in [5.41, 5.74) is 2.02. The predicted octanol–water partition coefficient (Wildman–Crippen LogP) is 4.35. The molecule has 0 amide bonds. The third-order valence-electron chi connectivity index (χ3n) is 1.93. The van der Waals surface area contributed by atoms with Gasteiger partial charge in [-0.2, -0.15) is 0 Å². The lowest BCUT2D eigenvalue weighted by molar-refractivity contribution is 0.767. The summed E-state index contributed by atoms with van der Waals surface area (Å²) in [6.45, 7) is 0. The number of hydrogen-bond donors (Lipinski definition) is 2. The molecular weight excluding hydrogens is 252 g/mol. The zero-order chi connectivity index (χ0) is 11.8. The SMILES string of the molecule is c1ccc(NSOSNc2ccccc2)cc1. The average molecular weight is 264 g/mol. The quantitative estimate of drug-likeness (QED) is 0.460. The minimum Gasteiger partial charge on any atom is -0.306 e. The number of nitrogens with one attached hydrogen (secondary N) is 2. The zero-order valence-electron chi connectivity index (χ0n) is 9.00. The standard InChI is InChI=1S/C12H12N2OS2/c1-3-7-11(8-4-1)13-16-15-17-14-12-9-5-2-6-10-12/h1-10,13-14H. The molecule has 0 bridgehead atoms.